The predicted molar refractivity (Wildman–Crippen MR) is 75.1 cm³/mol. The molecular formula is C16H24O2. The second kappa shape index (κ2) is 7.32. The van der Waals surface area contributed by atoms with Crippen molar-refractivity contribution >= 4 is 5.78 Å². The summed E-state index contributed by atoms with van der Waals surface area (Å²) >= 11 is 0. The fraction of sp³-hybridized carbons (Fsp3) is 0.562. The smallest absolute Gasteiger partial charge is 0.188 e. The van der Waals surface area contributed by atoms with E-state index in [9.17, 15) is 4.79 Å². The Morgan fingerprint density at radius 2 is 2.06 bits per heavy atom. The largest absolute Gasteiger partial charge is 0.373 e. The van der Waals surface area contributed by atoms with Crippen LogP contribution in [-0.2, 0) is 4.74 Å². The standard InChI is InChI=1S/C16H24O2/c1-5-6-13(3)10-18-11-16(17)15-9-12(2)7-8-14(15)4/h7-9,13H,5-6,10-11H2,1-4H3. The Labute approximate surface area is 110 Å². The van der Waals surface area contributed by atoms with Gasteiger partial charge >= 0.3 is 0 Å². The minimum absolute atomic E-state index is 0.0832. The number of aryl methyl sites for hydroxylation is 2. The van der Waals surface area contributed by atoms with Gasteiger partial charge in [-0.15, -0.1) is 0 Å². The first-order chi connectivity index (χ1) is 8.54. The second-order valence-electron chi connectivity index (χ2n) is 5.15. The number of benzene rings is 1. The molecule has 0 saturated heterocycles. The Hall–Kier alpha value is -1.15. The summed E-state index contributed by atoms with van der Waals surface area (Å²) in [5, 5.41) is 0. The monoisotopic (exact) mass is 248 g/mol. The molecule has 0 aliphatic rings. The number of rotatable bonds is 7. The number of ether oxygens (including phenoxy) is 1. The lowest BCUT2D eigenvalue weighted by atomic mass is 10.0. The summed E-state index contributed by atoms with van der Waals surface area (Å²) in [6, 6.07) is 5.95. The summed E-state index contributed by atoms with van der Waals surface area (Å²) in [5.74, 6) is 0.612. The number of hydrogen-bond acceptors (Lipinski definition) is 2. The van der Waals surface area contributed by atoms with Gasteiger partial charge in [0.1, 0.15) is 6.61 Å². The van der Waals surface area contributed by atoms with E-state index in [-0.39, 0.29) is 12.4 Å². The van der Waals surface area contributed by atoms with Gasteiger partial charge in [-0.1, -0.05) is 38.0 Å². The normalized spacial score (nSPS) is 12.4. The first-order valence-electron chi connectivity index (χ1n) is 6.72. The van der Waals surface area contributed by atoms with Crippen LogP contribution in [0.1, 0.15) is 48.2 Å². The fourth-order valence-electron chi connectivity index (χ4n) is 2.04. The minimum atomic E-state index is 0.0832. The zero-order valence-electron chi connectivity index (χ0n) is 12.0. The van der Waals surface area contributed by atoms with E-state index in [4.69, 9.17) is 4.74 Å². The van der Waals surface area contributed by atoms with Gasteiger partial charge < -0.3 is 4.74 Å². The Bertz CT molecular complexity index is 396. The molecule has 0 radical (unpaired) electrons. The highest BCUT2D eigenvalue weighted by atomic mass is 16.5. The average molecular weight is 248 g/mol. The van der Waals surface area contributed by atoms with Crippen LogP contribution in [0.3, 0.4) is 0 Å². The molecule has 1 atom stereocenters. The molecule has 2 nitrogen and oxygen atoms in total. The maximum atomic E-state index is 12.0. The van der Waals surface area contributed by atoms with Crippen molar-refractivity contribution in [3.05, 3.63) is 34.9 Å². The number of hydrogen-bond donors (Lipinski definition) is 0. The molecule has 0 fully saturated rings. The minimum Gasteiger partial charge on any atom is -0.373 e. The Balaban J connectivity index is 2.48. The van der Waals surface area contributed by atoms with E-state index in [0.717, 1.165) is 29.5 Å². The van der Waals surface area contributed by atoms with Crippen LogP contribution in [0, 0.1) is 19.8 Å². The molecule has 0 amide bonds. The molecule has 0 aromatic heterocycles. The molecule has 0 aliphatic heterocycles. The summed E-state index contributed by atoms with van der Waals surface area (Å²) in [6.45, 7) is 9.15. The molecule has 1 aromatic rings. The van der Waals surface area contributed by atoms with Crippen molar-refractivity contribution < 1.29 is 9.53 Å². The van der Waals surface area contributed by atoms with Gasteiger partial charge in [-0.05, 0) is 37.8 Å². The van der Waals surface area contributed by atoms with Crippen molar-refractivity contribution in [3.63, 3.8) is 0 Å². The van der Waals surface area contributed by atoms with Crippen molar-refractivity contribution in [2.24, 2.45) is 5.92 Å². The molecule has 18 heavy (non-hydrogen) atoms. The van der Waals surface area contributed by atoms with E-state index in [1.54, 1.807) is 0 Å². The van der Waals surface area contributed by atoms with Crippen LogP contribution in [-0.4, -0.2) is 19.0 Å². The first kappa shape index (κ1) is 14.9. The Morgan fingerprint density at radius 1 is 1.33 bits per heavy atom. The lowest BCUT2D eigenvalue weighted by molar-refractivity contribution is 0.0682. The van der Waals surface area contributed by atoms with Crippen molar-refractivity contribution in [2.45, 2.75) is 40.5 Å². The molecule has 1 rings (SSSR count). The average Bonchev–Trinajstić information content (AvgIpc) is 2.32. The van der Waals surface area contributed by atoms with Crippen LogP contribution in [0.4, 0.5) is 0 Å². The van der Waals surface area contributed by atoms with Gasteiger partial charge in [-0.3, -0.25) is 4.79 Å². The van der Waals surface area contributed by atoms with Gasteiger partial charge in [-0.25, -0.2) is 0 Å². The maximum Gasteiger partial charge on any atom is 0.188 e. The summed E-state index contributed by atoms with van der Waals surface area (Å²) < 4.78 is 5.51. The Morgan fingerprint density at radius 3 is 2.72 bits per heavy atom. The maximum absolute atomic E-state index is 12.0. The highest BCUT2D eigenvalue weighted by molar-refractivity contribution is 5.98. The van der Waals surface area contributed by atoms with Crippen molar-refractivity contribution in [2.75, 3.05) is 13.2 Å². The molecule has 0 saturated carbocycles. The third-order valence-electron chi connectivity index (χ3n) is 3.11. The molecule has 0 heterocycles. The van der Waals surface area contributed by atoms with E-state index in [1.165, 1.54) is 0 Å². The van der Waals surface area contributed by atoms with Crippen LogP contribution in [0.2, 0.25) is 0 Å². The molecule has 2 heteroatoms. The highest BCUT2D eigenvalue weighted by Gasteiger charge is 2.10. The molecule has 0 spiro atoms. The van der Waals surface area contributed by atoms with E-state index in [2.05, 4.69) is 13.8 Å². The molecule has 0 bridgehead atoms. The van der Waals surface area contributed by atoms with Crippen LogP contribution < -0.4 is 0 Å². The van der Waals surface area contributed by atoms with Crippen molar-refractivity contribution in [1.82, 2.24) is 0 Å². The first-order valence-corrected chi connectivity index (χ1v) is 6.72. The molecule has 0 N–H and O–H groups in total. The Kier molecular flexibility index (Phi) is 6.06. The molecular weight excluding hydrogens is 224 g/mol. The SMILES string of the molecule is CCCC(C)COCC(=O)c1cc(C)ccc1C. The summed E-state index contributed by atoms with van der Waals surface area (Å²) in [5.41, 5.74) is 2.93. The van der Waals surface area contributed by atoms with Gasteiger partial charge in [0.2, 0.25) is 0 Å². The number of carbonyl (C=O) groups excluding carboxylic acids is 1. The number of Topliss-reactive ketones (excluding diaryl/α,β-unsaturated/α-hetero) is 1. The van der Waals surface area contributed by atoms with Gasteiger partial charge in [0.15, 0.2) is 5.78 Å². The lowest BCUT2D eigenvalue weighted by Gasteiger charge is -2.11. The second-order valence-corrected chi connectivity index (χ2v) is 5.15. The van der Waals surface area contributed by atoms with Crippen LogP contribution in [0.15, 0.2) is 18.2 Å². The fourth-order valence-corrected chi connectivity index (χ4v) is 2.04. The van der Waals surface area contributed by atoms with E-state index >= 15 is 0 Å². The number of ketones is 1. The lowest BCUT2D eigenvalue weighted by Crippen LogP contribution is -2.14. The van der Waals surface area contributed by atoms with Crippen LogP contribution in [0.25, 0.3) is 0 Å². The number of carbonyl (C=O) groups is 1. The zero-order chi connectivity index (χ0) is 13.5. The molecule has 1 aromatic carbocycles. The zero-order valence-corrected chi connectivity index (χ0v) is 12.0. The summed E-state index contributed by atoms with van der Waals surface area (Å²) in [4.78, 5) is 12.0. The van der Waals surface area contributed by atoms with E-state index in [1.807, 2.05) is 32.0 Å². The van der Waals surface area contributed by atoms with Gasteiger partial charge in [-0.2, -0.15) is 0 Å². The molecule has 1 unspecified atom stereocenters. The summed E-state index contributed by atoms with van der Waals surface area (Å²) in [6.07, 6.45) is 2.31. The molecule has 0 aliphatic carbocycles. The topological polar surface area (TPSA) is 26.3 Å². The van der Waals surface area contributed by atoms with Crippen molar-refractivity contribution in [1.29, 1.82) is 0 Å². The van der Waals surface area contributed by atoms with Crippen LogP contribution >= 0.6 is 0 Å². The summed E-state index contributed by atoms with van der Waals surface area (Å²) in [7, 11) is 0. The predicted octanol–water partition coefficient (Wildman–Crippen LogP) is 3.94. The van der Waals surface area contributed by atoms with Gasteiger partial charge in [0, 0.05) is 12.2 Å². The van der Waals surface area contributed by atoms with Gasteiger partial charge in [0.05, 0.1) is 0 Å². The third-order valence-corrected chi connectivity index (χ3v) is 3.11. The van der Waals surface area contributed by atoms with E-state index in [0.29, 0.717) is 12.5 Å². The quantitative estimate of drug-likeness (QED) is 0.683. The van der Waals surface area contributed by atoms with E-state index < -0.39 is 0 Å². The van der Waals surface area contributed by atoms with Gasteiger partial charge in [0.25, 0.3) is 0 Å². The third kappa shape index (κ3) is 4.61. The van der Waals surface area contributed by atoms with Crippen LogP contribution in [0.5, 0.6) is 0 Å². The highest BCUT2D eigenvalue weighted by Crippen LogP contribution is 2.12. The molecule has 100 valence electrons. The van der Waals surface area contributed by atoms with Crippen molar-refractivity contribution in [3.8, 4) is 0 Å².